The Bertz CT molecular complexity index is 639. The number of rotatable bonds is 7. The molecule has 1 atom stereocenters. The van der Waals surface area contributed by atoms with Gasteiger partial charge in [-0.25, -0.2) is 9.59 Å². The Labute approximate surface area is 144 Å². The van der Waals surface area contributed by atoms with Crippen molar-refractivity contribution in [1.82, 2.24) is 0 Å². The molecule has 1 aliphatic rings. The van der Waals surface area contributed by atoms with Crippen molar-refractivity contribution in [1.29, 1.82) is 0 Å². The van der Waals surface area contributed by atoms with E-state index in [1.807, 2.05) is 0 Å². The second-order valence-electron chi connectivity index (χ2n) is 5.65. The maximum absolute atomic E-state index is 12.1. The minimum absolute atomic E-state index is 0.382. The fraction of sp³-hybridized carbons (Fsp3) is 0.562. The third-order valence-electron chi connectivity index (χ3n) is 4.05. The number of aliphatic carboxylic acids is 1. The van der Waals surface area contributed by atoms with Gasteiger partial charge in [-0.2, -0.15) is 0 Å². The van der Waals surface area contributed by atoms with Gasteiger partial charge in [-0.05, 0) is 30.7 Å². The minimum Gasteiger partial charge on any atom is -0.480 e. The standard InChI is InChI=1S/C16H21NO6S/c1-3-9-4-5-10-11(6-9)24-15(14(10)16(21)22-2)17-12(18)7-23-8-13(19)20/h9H,3-8H2,1-2H3,(H,17,18)(H,19,20)/t9-/m0/s1. The molecule has 1 heterocycles. The number of thiophene rings is 1. The van der Waals surface area contributed by atoms with E-state index in [1.54, 1.807) is 0 Å². The van der Waals surface area contributed by atoms with Crippen LogP contribution in [0.1, 0.15) is 40.6 Å². The molecule has 24 heavy (non-hydrogen) atoms. The smallest absolute Gasteiger partial charge is 0.341 e. The summed E-state index contributed by atoms with van der Waals surface area (Å²) in [7, 11) is 1.31. The number of carbonyl (C=O) groups is 3. The number of hydrogen-bond donors (Lipinski definition) is 2. The topological polar surface area (TPSA) is 102 Å². The van der Waals surface area contributed by atoms with Crippen LogP contribution in [0.2, 0.25) is 0 Å². The number of anilines is 1. The van der Waals surface area contributed by atoms with E-state index in [0.29, 0.717) is 16.5 Å². The molecular weight excluding hydrogens is 334 g/mol. The molecule has 0 spiro atoms. The van der Waals surface area contributed by atoms with Crippen molar-refractivity contribution in [2.75, 3.05) is 25.6 Å². The van der Waals surface area contributed by atoms with Gasteiger partial charge in [-0.1, -0.05) is 13.3 Å². The lowest BCUT2D eigenvalue weighted by Gasteiger charge is -2.20. The number of esters is 1. The van der Waals surface area contributed by atoms with Crippen LogP contribution in [0.4, 0.5) is 5.00 Å². The zero-order chi connectivity index (χ0) is 17.7. The maximum Gasteiger partial charge on any atom is 0.341 e. The van der Waals surface area contributed by atoms with Gasteiger partial charge in [-0.15, -0.1) is 11.3 Å². The van der Waals surface area contributed by atoms with Crippen LogP contribution in [-0.4, -0.2) is 43.3 Å². The van der Waals surface area contributed by atoms with Gasteiger partial charge in [0.1, 0.15) is 18.2 Å². The first-order chi connectivity index (χ1) is 11.5. The average molecular weight is 355 g/mol. The van der Waals surface area contributed by atoms with Crippen molar-refractivity contribution in [2.45, 2.75) is 32.6 Å². The number of ether oxygens (including phenoxy) is 2. The number of fused-ring (bicyclic) bond motifs is 1. The molecule has 1 amide bonds. The minimum atomic E-state index is -1.14. The van der Waals surface area contributed by atoms with Gasteiger partial charge in [0.25, 0.3) is 5.91 Å². The molecule has 0 saturated heterocycles. The van der Waals surface area contributed by atoms with Gasteiger partial charge >= 0.3 is 11.9 Å². The summed E-state index contributed by atoms with van der Waals surface area (Å²) in [6.07, 6.45) is 3.78. The molecule has 8 heteroatoms. The van der Waals surface area contributed by atoms with Gasteiger partial charge in [-0.3, -0.25) is 4.79 Å². The molecule has 0 aliphatic heterocycles. The van der Waals surface area contributed by atoms with Crippen molar-refractivity contribution in [3.8, 4) is 0 Å². The quantitative estimate of drug-likeness (QED) is 0.726. The van der Waals surface area contributed by atoms with Gasteiger partial charge < -0.3 is 19.9 Å². The van der Waals surface area contributed by atoms with Crippen molar-refractivity contribution in [3.63, 3.8) is 0 Å². The van der Waals surface area contributed by atoms with Crippen LogP contribution in [0.15, 0.2) is 0 Å². The molecule has 0 unspecified atom stereocenters. The number of hydrogen-bond acceptors (Lipinski definition) is 6. The highest BCUT2D eigenvalue weighted by molar-refractivity contribution is 7.17. The molecule has 7 nitrogen and oxygen atoms in total. The normalized spacial score (nSPS) is 16.3. The Morgan fingerprint density at radius 2 is 2.08 bits per heavy atom. The predicted molar refractivity (Wildman–Crippen MR) is 88.5 cm³/mol. The van der Waals surface area contributed by atoms with Crippen LogP contribution < -0.4 is 5.32 Å². The van der Waals surface area contributed by atoms with Crippen molar-refractivity contribution < 1.29 is 29.0 Å². The lowest BCUT2D eigenvalue weighted by molar-refractivity contribution is -0.143. The fourth-order valence-corrected chi connectivity index (χ4v) is 4.17. The molecule has 0 aromatic carbocycles. The SMILES string of the molecule is CC[C@H]1CCc2c(sc(NC(=O)COCC(=O)O)c2C(=O)OC)C1. The average Bonchev–Trinajstić information content (AvgIpc) is 2.90. The third-order valence-corrected chi connectivity index (χ3v) is 5.22. The van der Waals surface area contributed by atoms with Gasteiger partial charge in [0.2, 0.25) is 0 Å². The van der Waals surface area contributed by atoms with Crippen LogP contribution >= 0.6 is 11.3 Å². The zero-order valence-corrected chi connectivity index (χ0v) is 14.5. The van der Waals surface area contributed by atoms with Gasteiger partial charge in [0.05, 0.1) is 12.7 Å². The van der Waals surface area contributed by atoms with Crippen LogP contribution in [0.25, 0.3) is 0 Å². The first-order valence-electron chi connectivity index (χ1n) is 7.78. The maximum atomic E-state index is 12.1. The molecule has 1 aliphatic carbocycles. The summed E-state index contributed by atoms with van der Waals surface area (Å²) in [4.78, 5) is 35.5. The number of amides is 1. The largest absolute Gasteiger partial charge is 0.480 e. The van der Waals surface area contributed by atoms with Crippen molar-refractivity contribution in [2.24, 2.45) is 5.92 Å². The number of methoxy groups -OCH3 is 1. The van der Waals surface area contributed by atoms with E-state index in [4.69, 9.17) is 14.6 Å². The summed E-state index contributed by atoms with van der Waals surface area (Å²) in [5.41, 5.74) is 1.37. The number of carbonyl (C=O) groups excluding carboxylic acids is 2. The Morgan fingerprint density at radius 3 is 2.71 bits per heavy atom. The second kappa shape index (κ2) is 8.25. The zero-order valence-electron chi connectivity index (χ0n) is 13.7. The fourth-order valence-electron chi connectivity index (χ4n) is 2.80. The molecule has 2 N–H and O–H groups in total. The predicted octanol–water partition coefficient (Wildman–Crippen LogP) is 2.09. The lowest BCUT2D eigenvalue weighted by atomic mass is 9.86. The molecular formula is C16H21NO6S. The highest BCUT2D eigenvalue weighted by Crippen LogP contribution is 2.40. The summed E-state index contributed by atoms with van der Waals surface area (Å²) >= 11 is 1.39. The highest BCUT2D eigenvalue weighted by Gasteiger charge is 2.29. The number of carboxylic acid groups (broad SMARTS) is 1. The number of nitrogens with one attached hydrogen (secondary N) is 1. The summed E-state index contributed by atoms with van der Waals surface area (Å²) in [6, 6.07) is 0. The Kier molecular flexibility index (Phi) is 6.33. The molecule has 2 rings (SSSR count). The molecule has 0 saturated carbocycles. The van der Waals surface area contributed by atoms with E-state index >= 15 is 0 Å². The van der Waals surface area contributed by atoms with E-state index in [1.165, 1.54) is 18.4 Å². The molecule has 0 bridgehead atoms. The number of carboxylic acids is 1. The van der Waals surface area contributed by atoms with Crippen LogP contribution in [-0.2, 0) is 31.9 Å². The first kappa shape index (κ1) is 18.4. The Balaban J connectivity index is 2.16. The second-order valence-corrected chi connectivity index (χ2v) is 6.76. The monoisotopic (exact) mass is 355 g/mol. The summed E-state index contributed by atoms with van der Waals surface area (Å²) < 4.78 is 9.63. The summed E-state index contributed by atoms with van der Waals surface area (Å²) in [5.74, 6) is -1.52. The lowest BCUT2D eigenvalue weighted by Crippen LogP contribution is -2.21. The first-order valence-corrected chi connectivity index (χ1v) is 8.60. The van der Waals surface area contributed by atoms with Crippen LogP contribution in [0, 0.1) is 5.92 Å². The van der Waals surface area contributed by atoms with E-state index in [9.17, 15) is 14.4 Å². The Hall–Kier alpha value is -1.93. The van der Waals surface area contributed by atoms with Crippen molar-refractivity contribution >= 4 is 34.2 Å². The van der Waals surface area contributed by atoms with E-state index in [0.717, 1.165) is 36.1 Å². The van der Waals surface area contributed by atoms with Gasteiger partial charge in [0, 0.05) is 4.88 Å². The van der Waals surface area contributed by atoms with Gasteiger partial charge in [0.15, 0.2) is 0 Å². The third kappa shape index (κ3) is 4.33. The molecule has 132 valence electrons. The molecule has 1 aromatic heterocycles. The highest BCUT2D eigenvalue weighted by atomic mass is 32.1. The molecule has 1 aromatic rings. The van der Waals surface area contributed by atoms with Crippen LogP contribution in [0.3, 0.4) is 0 Å². The van der Waals surface area contributed by atoms with Crippen LogP contribution in [0.5, 0.6) is 0 Å². The van der Waals surface area contributed by atoms with Crippen molar-refractivity contribution in [3.05, 3.63) is 16.0 Å². The Morgan fingerprint density at radius 1 is 1.33 bits per heavy atom. The summed E-state index contributed by atoms with van der Waals surface area (Å²) in [6.45, 7) is 1.22. The van der Waals surface area contributed by atoms with E-state index < -0.39 is 24.5 Å². The van der Waals surface area contributed by atoms with E-state index in [2.05, 4.69) is 12.2 Å². The van der Waals surface area contributed by atoms with E-state index in [-0.39, 0.29) is 6.61 Å². The molecule has 0 radical (unpaired) electrons. The summed E-state index contributed by atoms with van der Waals surface area (Å²) in [5, 5.41) is 11.6. The molecule has 0 fully saturated rings.